The largest absolute Gasteiger partial charge is 0.480 e. The topological polar surface area (TPSA) is 63.3 Å². The van der Waals surface area contributed by atoms with Gasteiger partial charge in [0, 0.05) is 0 Å². The Labute approximate surface area is 92.0 Å². The van der Waals surface area contributed by atoms with E-state index in [1.54, 1.807) is 0 Å². The molecule has 0 heterocycles. The lowest BCUT2D eigenvalue weighted by Gasteiger charge is -2.24. The van der Waals surface area contributed by atoms with Crippen molar-refractivity contribution in [3.8, 4) is 0 Å². The van der Waals surface area contributed by atoms with Gasteiger partial charge in [0.15, 0.2) is 0 Å². The number of nitrogens with two attached hydrogens (primary N) is 1. The average Bonchev–Trinajstić information content (AvgIpc) is 2.26. The fourth-order valence-corrected chi connectivity index (χ4v) is 2.40. The van der Waals surface area contributed by atoms with Crippen molar-refractivity contribution in [1.29, 1.82) is 0 Å². The van der Waals surface area contributed by atoms with E-state index in [0.29, 0.717) is 0 Å². The maximum absolute atomic E-state index is 10.7. The van der Waals surface area contributed by atoms with Crippen LogP contribution in [0, 0.1) is 11.8 Å². The minimum Gasteiger partial charge on any atom is -0.480 e. The predicted octanol–water partition coefficient (Wildman–Crippen LogP) is 2.39. The maximum atomic E-state index is 10.7. The van der Waals surface area contributed by atoms with E-state index in [1.165, 1.54) is 32.1 Å². The molecule has 3 N–H and O–H groups in total. The third-order valence-corrected chi connectivity index (χ3v) is 3.65. The Morgan fingerprint density at radius 1 is 1.40 bits per heavy atom. The van der Waals surface area contributed by atoms with Crippen molar-refractivity contribution in [2.45, 2.75) is 57.9 Å². The Hall–Kier alpha value is -0.570. The Bertz CT molecular complexity index is 200. The molecule has 0 saturated heterocycles. The number of aliphatic carboxylic acids is 1. The SMILES string of the molecule is C[C@H](CCC1CCCCC1)[C@@H](N)C(=O)O. The van der Waals surface area contributed by atoms with Crippen molar-refractivity contribution >= 4 is 5.97 Å². The molecule has 2 atom stereocenters. The molecule has 3 heteroatoms. The van der Waals surface area contributed by atoms with E-state index in [0.717, 1.165) is 18.8 Å². The van der Waals surface area contributed by atoms with E-state index in [2.05, 4.69) is 0 Å². The van der Waals surface area contributed by atoms with E-state index in [-0.39, 0.29) is 5.92 Å². The molecule has 1 rings (SSSR count). The van der Waals surface area contributed by atoms with Gasteiger partial charge in [0.1, 0.15) is 6.04 Å². The van der Waals surface area contributed by atoms with E-state index in [9.17, 15) is 4.79 Å². The van der Waals surface area contributed by atoms with E-state index in [4.69, 9.17) is 10.8 Å². The van der Waals surface area contributed by atoms with Gasteiger partial charge in [-0.3, -0.25) is 4.79 Å². The normalized spacial score (nSPS) is 22.3. The third-order valence-electron chi connectivity index (χ3n) is 3.65. The molecular weight excluding hydrogens is 190 g/mol. The minimum absolute atomic E-state index is 0.101. The van der Waals surface area contributed by atoms with Gasteiger partial charge < -0.3 is 10.8 Å². The zero-order valence-corrected chi connectivity index (χ0v) is 9.61. The molecule has 0 aromatic heterocycles. The number of hydrogen-bond acceptors (Lipinski definition) is 2. The molecule has 1 fully saturated rings. The summed E-state index contributed by atoms with van der Waals surface area (Å²) >= 11 is 0. The van der Waals surface area contributed by atoms with Gasteiger partial charge >= 0.3 is 5.97 Å². The monoisotopic (exact) mass is 213 g/mol. The summed E-state index contributed by atoms with van der Waals surface area (Å²) in [6, 6.07) is -0.686. The fraction of sp³-hybridized carbons (Fsp3) is 0.917. The molecule has 88 valence electrons. The molecule has 0 amide bonds. The Kier molecular flexibility index (Phi) is 5.09. The molecule has 3 nitrogen and oxygen atoms in total. The molecule has 0 aliphatic heterocycles. The first kappa shape index (κ1) is 12.5. The molecule has 0 aromatic carbocycles. The second-order valence-electron chi connectivity index (χ2n) is 4.92. The van der Waals surface area contributed by atoms with Crippen LogP contribution in [0.2, 0.25) is 0 Å². The zero-order valence-electron chi connectivity index (χ0n) is 9.61. The summed E-state index contributed by atoms with van der Waals surface area (Å²) in [7, 11) is 0. The summed E-state index contributed by atoms with van der Waals surface area (Å²) in [5.74, 6) is 0.0535. The fourth-order valence-electron chi connectivity index (χ4n) is 2.40. The Balaban J connectivity index is 2.20. The molecule has 1 saturated carbocycles. The van der Waals surface area contributed by atoms with Crippen molar-refractivity contribution in [2.24, 2.45) is 17.6 Å². The molecule has 1 aliphatic carbocycles. The van der Waals surface area contributed by atoms with Crippen LogP contribution in [0.3, 0.4) is 0 Å². The van der Waals surface area contributed by atoms with Crippen LogP contribution in [0.4, 0.5) is 0 Å². The molecule has 0 bridgehead atoms. The van der Waals surface area contributed by atoms with E-state index in [1.807, 2.05) is 6.92 Å². The quantitative estimate of drug-likeness (QED) is 0.737. The first-order valence-electron chi connectivity index (χ1n) is 6.09. The van der Waals surface area contributed by atoms with Crippen molar-refractivity contribution in [2.75, 3.05) is 0 Å². The van der Waals surface area contributed by atoms with Crippen LogP contribution in [0.5, 0.6) is 0 Å². The van der Waals surface area contributed by atoms with Crippen LogP contribution in [0.15, 0.2) is 0 Å². The van der Waals surface area contributed by atoms with Gasteiger partial charge in [-0.15, -0.1) is 0 Å². The van der Waals surface area contributed by atoms with Crippen molar-refractivity contribution in [1.82, 2.24) is 0 Å². The van der Waals surface area contributed by atoms with Gasteiger partial charge in [-0.25, -0.2) is 0 Å². The van der Waals surface area contributed by atoms with Crippen LogP contribution in [-0.4, -0.2) is 17.1 Å². The Morgan fingerprint density at radius 2 is 2.00 bits per heavy atom. The number of hydrogen-bond donors (Lipinski definition) is 2. The first-order valence-corrected chi connectivity index (χ1v) is 6.09. The summed E-state index contributed by atoms with van der Waals surface area (Å²) in [5, 5.41) is 8.76. The summed E-state index contributed by atoms with van der Waals surface area (Å²) in [6.07, 6.45) is 8.85. The van der Waals surface area contributed by atoms with Crippen molar-refractivity contribution < 1.29 is 9.90 Å². The van der Waals surface area contributed by atoms with Gasteiger partial charge in [0.25, 0.3) is 0 Å². The van der Waals surface area contributed by atoms with E-state index >= 15 is 0 Å². The number of carboxylic acid groups (broad SMARTS) is 1. The van der Waals surface area contributed by atoms with Crippen molar-refractivity contribution in [3.63, 3.8) is 0 Å². The van der Waals surface area contributed by atoms with Gasteiger partial charge in [-0.2, -0.15) is 0 Å². The highest BCUT2D eigenvalue weighted by atomic mass is 16.4. The number of rotatable bonds is 5. The summed E-state index contributed by atoms with van der Waals surface area (Å²) in [6.45, 7) is 1.95. The molecular formula is C12H23NO2. The second kappa shape index (κ2) is 6.11. The van der Waals surface area contributed by atoms with Crippen LogP contribution >= 0.6 is 0 Å². The van der Waals surface area contributed by atoms with Gasteiger partial charge in [0.2, 0.25) is 0 Å². The highest BCUT2D eigenvalue weighted by Crippen LogP contribution is 2.28. The average molecular weight is 213 g/mol. The first-order chi connectivity index (χ1) is 7.11. The number of carbonyl (C=O) groups is 1. The molecule has 15 heavy (non-hydrogen) atoms. The van der Waals surface area contributed by atoms with Crippen LogP contribution < -0.4 is 5.73 Å². The maximum Gasteiger partial charge on any atom is 0.320 e. The van der Waals surface area contributed by atoms with Gasteiger partial charge in [-0.05, 0) is 18.3 Å². The highest BCUT2D eigenvalue weighted by Gasteiger charge is 2.21. The summed E-state index contributed by atoms with van der Waals surface area (Å²) in [4.78, 5) is 10.7. The molecule has 0 radical (unpaired) electrons. The van der Waals surface area contributed by atoms with E-state index < -0.39 is 12.0 Å². The highest BCUT2D eigenvalue weighted by molar-refractivity contribution is 5.73. The predicted molar refractivity (Wildman–Crippen MR) is 60.6 cm³/mol. The minimum atomic E-state index is -0.869. The summed E-state index contributed by atoms with van der Waals surface area (Å²) in [5.41, 5.74) is 5.58. The number of carboxylic acids is 1. The standard InChI is InChI=1S/C12H23NO2/c1-9(11(13)12(14)15)7-8-10-5-3-2-4-6-10/h9-11H,2-8,13H2,1H3,(H,14,15)/t9-,11-/m1/s1. The van der Waals surface area contributed by atoms with Gasteiger partial charge in [-0.1, -0.05) is 45.4 Å². The molecule has 1 aliphatic rings. The summed E-state index contributed by atoms with van der Waals surface area (Å²) < 4.78 is 0. The lowest BCUT2D eigenvalue weighted by atomic mass is 9.83. The zero-order chi connectivity index (χ0) is 11.3. The Morgan fingerprint density at radius 3 is 2.53 bits per heavy atom. The van der Waals surface area contributed by atoms with Crippen LogP contribution in [-0.2, 0) is 4.79 Å². The van der Waals surface area contributed by atoms with Gasteiger partial charge in [0.05, 0.1) is 0 Å². The van der Waals surface area contributed by atoms with Crippen LogP contribution in [0.25, 0.3) is 0 Å². The molecule has 0 aromatic rings. The van der Waals surface area contributed by atoms with Crippen LogP contribution in [0.1, 0.15) is 51.9 Å². The third kappa shape index (κ3) is 4.20. The second-order valence-corrected chi connectivity index (χ2v) is 4.92. The molecule has 0 spiro atoms. The lowest BCUT2D eigenvalue weighted by molar-refractivity contribution is -0.139. The lowest BCUT2D eigenvalue weighted by Crippen LogP contribution is -2.36. The van der Waals surface area contributed by atoms with Crippen molar-refractivity contribution in [3.05, 3.63) is 0 Å². The molecule has 0 unspecified atom stereocenters. The smallest absolute Gasteiger partial charge is 0.320 e.